The number of hydrogen-bond donors (Lipinski definition) is 1. The number of aliphatic imine (C=N–C) groups is 1. The van der Waals surface area contributed by atoms with Gasteiger partial charge in [-0.05, 0) is 17.7 Å². The van der Waals surface area contributed by atoms with Crippen LogP contribution in [0.15, 0.2) is 29.3 Å². The molecule has 0 bridgehead atoms. The van der Waals surface area contributed by atoms with Gasteiger partial charge in [-0.25, -0.2) is 4.99 Å². The first kappa shape index (κ1) is 15.3. The maximum atomic E-state index is 9.90. The Hall–Kier alpha value is -2.61. The van der Waals surface area contributed by atoms with E-state index in [4.69, 9.17) is 19.9 Å². The number of methoxy groups -OCH3 is 3. The van der Waals surface area contributed by atoms with Crippen LogP contribution in [-0.4, -0.2) is 33.1 Å². The topological polar surface area (TPSA) is 114 Å². The Morgan fingerprint density at radius 2 is 1.70 bits per heavy atom. The van der Waals surface area contributed by atoms with Crippen LogP contribution in [0.1, 0.15) is 11.5 Å². The minimum atomic E-state index is -1.59. The summed E-state index contributed by atoms with van der Waals surface area (Å²) in [6.07, 6.45) is 0. The van der Waals surface area contributed by atoms with Crippen LogP contribution in [0.3, 0.4) is 0 Å². The van der Waals surface area contributed by atoms with E-state index in [1.54, 1.807) is 19.2 Å². The zero-order valence-electron chi connectivity index (χ0n) is 13.0. The maximum Gasteiger partial charge on any atom is 0.292 e. The van der Waals surface area contributed by atoms with Gasteiger partial charge in [0.25, 0.3) is 5.91 Å². The van der Waals surface area contributed by atoms with Gasteiger partial charge >= 0.3 is 0 Å². The third-order valence-corrected chi connectivity index (χ3v) is 4.93. The lowest BCUT2D eigenvalue weighted by Crippen LogP contribution is -2.41. The van der Waals surface area contributed by atoms with Crippen molar-refractivity contribution in [2.45, 2.75) is 11.8 Å². The number of nitrogens with two attached hydrogens (primary N) is 1. The molecule has 1 aromatic carbocycles. The van der Waals surface area contributed by atoms with Crippen molar-refractivity contribution in [3.63, 3.8) is 0 Å². The van der Waals surface area contributed by atoms with E-state index in [0.29, 0.717) is 5.75 Å². The van der Waals surface area contributed by atoms with Crippen molar-refractivity contribution in [1.29, 1.82) is 10.5 Å². The Balaban J connectivity index is 2.18. The summed E-state index contributed by atoms with van der Waals surface area (Å²) >= 11 is 0. The number of hydrogen-bond acceptors (Lipinski definition) is 7. The van der Waals surface area contributed by atoms with Crippen LogP contribution in [-0.2, 0) is 9.47 Å². The van der Waals surface area contributed by atoms with E-state index in [2.05, 4.69) is 17.1 Å². The summed E-state index contributed by atoms with van der Waals surface area (Å²) < 4.78 is 15.9. The lowest BCUT2D eigenvalue weighted by Gasteiger charge is -2.29. The molecule has 2 aliphatic rings. The zero-order chi connectivity index (χ0) is 16.9. The van der Waals surface area contributed by atoms with Gasteiger partial charge in [-0.2, -0.15) is 10.5 Å². The molecule has 2 N–H and O–H groups in total. The summed E-state index contributed by atoms with van der Waals surface area (Å²) in [5.74, 6) is -1.34. The van der Waals surface area contributed by atoms with Crippen molar-refractivity contribution in [2.24, 2.45) is 21.6 Å². The second kappa shape index (κ2) is 4.69. The normalized spacial score (nSPS) is 33.1. The minimum Gasteiger partial charge on any atom is -0.497 e. The summed E-state index contributed by atoms with van der Waals surface area (Å²) in [6, 6.07) is 11.6. The van der Waals surface area contributed by atoms with Gasteiger partial charge in [0, 0.05) is 20.1 Å². The number of nitrogens with zero attached hydrogens (tertiary/aromatic N) is 3. The van der Waals surface area contributed by atoms with Crippen molar-refractivity contribution >= 4 is 5.84 Å². The predicted octanol–water partition coefficient (Wildman–Crippen LogP) is 1.13. The second-order valence-electron chi connectivity index (χ2n) is 5.53. The summed E-state index contributed by atoms with van der Waals surface area (Å²) in [6.45, 7) is 0. The van der Waals surface area contributed by atoms with Crippen LogP contribution in [0.2, 0.25) is 0 Å². The van der Waals surface area contributed by atoms with Crippen LogP contribution < -0.4 is 10.5 Å². The van der Waals surface area contributed by atoms with E-state index < -0.39 is 22.7 Å². The molecule has 7 nitrogen and oxygen atoms in total. The Morgan fingerprint density at radius 3 is 2.13 bits per heavy atom. The molecule has 0 radical (unpaired) electrons. The number of fused-ring (bicyclic) bond motifs is 1. The predicted molar refractivity (Wildman–Crippen MR) is 80.2 cm³/mol. The Morgan fingerprint density at radius 1 is 1.09 bits per heavy atom. The van der Waals surface area contributed by atoms with E-state index in [-0.39, 0.29) is 5.84 Å². The second-order valence-corrected chi connectivity index (χ2v) is 5.53. The molecule has 3 atom stereocenters. The van der Waals surface area contributed by atoms with Gasteiger partial charge in [-0.15, -0.1) is 0 Å². The Labute approximate surface area is 133 Å². The van der Waals surface area contributed by atoms with Crippen LogP contribution in [0, 0.1) is 33.5 Å². The molecule has 1 aliphatic carbocycles. The Kier molecular flexibility index (Phi) is 3.12. The highest BCUT2D eigenvalue weighted by molar-refractivity contribution is 6.00. The van der Waals surface area contributed by atoms with Crippen LogP contribution >= 0.6 is 0 Å². The smallest absolute Gasteiger partial charge is 0.292 e. The van der Waals surface area contributed by atoms with E-state index >= 15 is 0 Å². The van der Waals surface area contributed by atoms with Crippen LogP contribution in [0.25, 0.3) is 0 Å². The highest BCUT2D eigenvalue weighted by atomic mass is 16.7. The molecule has 3 rings (SSSR count). The number of ether oxygens (including phenoxy) is 3. The molecule has 118 valence electrons. The van der Waals surface area contributed by atoms with E-state index in [1.807, 2.05) is 12.1 Å². The third-order valence-electron chi connectivity index (χ3n) is 4.93. The maximum absolute atomic E-state index is 9.90. The number of amidine groups is 1. The van der Waals surface area contributed by atoms with E-state index in [0.717, 1.165) is 5.56 Å². The highest BCUT2D eigenvalue weighted by Crippen LogP contribution is 2.81. The average molecular weight is 312 g/mol. The fraction of sp³-hybridized carbons (Fsp3) is 0.438. The third kappa shape index (κ3) is 1.41. The monoisotopic (exact) mass is 312 g/mol. The molecule has 1 aromatic rings. The molecule has 1 heterocycles. The first-order valence-electron chi connectivity index (χ1n) is 6.96. The number of benzene rings is 1. The summed E-state index contributed by atoms with van der Waals surface area (Å²) in [5, 5.41) is 19.7. The summed E-state index contributed by atoms with van der Waals surface area (Å²) in [4.78, 5) is 4.16. The molecule has 23 heavy (non-hydrogen) atoms. The minimum absolute atomic E-state index is 0.0612. The van der Waals surface area contributed by atoms with Gasteiger partial charge in [-0.3, -0.25) is 0 Å². The first-order chi connectivity index (χ1) is 11.0. The van der Waals surface area contributed by atoms with E-state index in [1.165, 1.54) is 14.2 Å². The standard InChI is InChI=1S/C16H16N4O3/c1-21-11-6-4-10(5-7-11)12-14(8-17)13(19)20-16(22-2,23-3)15(12,14)9-18/h4-7,12H,1-3H3,(H2,19,20)/t12-,14+,15+/m1/s1. The molecule has 0 unspecified atom stereocenters. The molecular weight excluding hydrogens is 296 g/mol. The van der Waals surface area contributed by atoms with Crippen LogP contribution in [0.4, 0.5) is 0 Å². The van der Waals surface area contributed by atoms with Crippen LogP contribution in [0.5, 0.6) is 5.75 Å². The molecule has 1 fully saturated rings. The van der Waals surface area contributed by atoms with Gasteiger partial charge in [0.1, 0.15) is 17.0 Å². The summed E-state index contributed by atoms with van der Waals surface area (Å²) in [7, 11) is 4.34. The average Bonchev–Trinajstić information content (AvgIpc) is 3.17. The van der Waals surface area contributed by atoms with E-state index in [9.17, 15) is 10.5 Å². The lowest BCUT2D eigenvalue weighted by atomic mass is 9.93. The molecule has 0 amide bonds. The molecule has 0 spiro atoms. The molecule has 1 saturated carbocycles. The highest BCUT2D eigenvalue weighted by Gasteiger charge is 2.93. The molecule has 1 aliphatic heterocycles. The van der Waals surface area contributed by atoms with Gasteiger partial charge in [0.2, 0.25) is 0 Å². The zero-order valence-corrected chi connectivity index (χ0v) is 13.0. The van der Waals surface area contributed by atoms with Gasteiger partial charge in [0.05, 0.1) is 19.2 Å². The fourth-order valence-corrected chi connectivity index (χ4v) is 3.82. The van der Waals surface area contributed by atoms with Crippen molar-refractivity contribution in [1.82, 2.24) is 0 Å². The fourth-order valence-electron chi connectivity index (χ4n) is 3.82. The van der Waals surface area contributed by atoms with Gasteiger partial charge in [0.15, 0.2) is 5.41 Å². The lowest BCUT2D eigenvalue weighted by molar-refractivity contribution is -0.230. The van der Waals surface area contributed by atoms with Gasteiger partial charge in [-0.1, -0.05) is 12.1 Å². The summed E-state index contributed by atoms with van der Waals surface area (Å²) in [5.41, 5.74) is 4.23. The number of rotatable bonds is 4. The van der Waals surface area contributed by atoms with Crippen molar-refractivity contribution in [3.05, 3.63) is 29.8 Å². The van der Waals surface area contributed by atoms with Crippen molar-refractivity contribution < 1.29 is 14.2 Å². The largest absolute Gasteiger partial charge is 0.497 e. The quantitative estimate of drug-likeness (QED) is 0.834. The SMILES string of the molecule is COc1ccc([C@@H]2[C@@]3(C#N)C(N)=NC(OC)(OC)[C@@]23C#N)cc1. The molecule has 0 saturated heterocycles. The van der Waals surface area contributed by atoms with Gasteiger partial charge < -0.3 is 19.9 Å². The molecular formula is C16H16N4O3. The number of nitriles is 2. The molecule has 7 heteroatoms. The van der Waals surface area contributed by atoms with Crippen molar-refractivity contribution in [2.75, 3.05) is 21.3 Å². The first-order valence-corrected chi connectivity index (χ1v) is 6.96. The Bertz CT molecular complexity index is 757. The van der Waals surface area contributed by atoms with Crippen molar-refractivity contribution in [3.8, 4) is 17.9 Å². The molecule has 0 aromatic heterocycles.